The smallest absolute Gasteiger partial charge is 0.135 e. The average Bonchev–Trinajstić information content (AvgIpc) is 2.62. The molecule has 0 fully saturated rings. The van der Waals surface area contributed by atoms with E-state index in [1.807, 2.05) is 30.8 Å². The second kappa shape index (κ2) is 5.10. The number of aromatic nitrogens is 2. The van der Waals surface area contributed by atoms with Gasteiger partial charge in [0.2, 0.25) is 0 Å². The van der Waals surface area contributed by atoms with E-state index < -0.39 is 0 Å². The summed E-state index contributed by atoms with van der Waals surface area (Å²) in [6, 6.07) is 2.38. The molecule has 0 aliphatic heterocycles. The Morgan fingerprint density at radius 3 is 2.53 bits per heavy atom. The number of aryl methyl sites for hydroxylation is 1. The first-order valence-corrected chi connectivity index (χ1v) is 5.57. The number of rotatable bonds is 5. The number of nitrogens with zero attached hydrogens (tertiary/aromatic N) is 2. The maximum Gasteiger partial charge on any atom is 0.135 e. The van der Waals surface area contributed by atoms with Crippen LogP contribution in [0.3, 0.4) is 0 Å². The quantitative estimate of drug-likeness (QED) is 0.745. The highest BCUT2D eigenvalue weighted by molar-refractivity contribution is 5.80. The van der Waals surface area contributed by atoms with Crippen LogP contribution in [-0.4, -0.2) is 15.6 Å². The van der Waals surface area contributed by atoms with E-state index in [9.17, 15) is 4.79 Å². The molecule has 0 saturated heterocycles. The summed E-state index contributed by atoms with van der Waals surface area (Å²) in [5, 5.41) is 4.41. The Labute approximate surface area is 91.5 Å². The van der Waals surface area contributed by atoms with Crippen molar-refractivity contribution in [2.24, 2.45) is 5.92 Å². The molecule has 0 aliphatic carbocycles. The largest absolute Gasteiger partial charge is 0.299 e. The van der Waals surface area contributed by atoms with Crippen molar-refractivity contribution in [2.45, 2.75) is 46.6 Å². The second-order valence-electron chi connectivity index (χ2n) is 4.50. The van der Waals surface area contributed by atoms with Gasteiger partial charge in [-0.2, -0.15) is 5.10 Å². The highest BCUT2D eigenvalue weighted by Crippen LogP contribution is 2.08. The van der Waals surface area contributed by atoms with Gasteiger partial charge < -0.3 is 0 Å². The molecule has 3 heteroatoms. The number of carbonyl (C=O) groups excluding carboxylic acids is 1. The second-order valence-corrected chi connectivity index (χ2v) is 4.50. The van der Waals surface area contributed by atoms with Crippen LogP contribution < -0.4 is 0 Å². The Bertz CT molecular complexity index is 326. The van der Waals surface area contributed by atoms with Crippen LogP contribution in [0.2, 0.25) is 0 Å². The number of hydrogen-bond acceptors (Lipinski definition) is 2. The predicted molar refractivity (Wildman–Crippen MR) is 60.8 cm³/mol. The SMILES string of the molecule is CC(C)C(=O)CCc1ccn(C(C)C)n1. The molecule has 1 aromatic heterocycles. The lowest BCUT2D eigenvalue weighted by Crippen LogP contribution is -2.08. The lowest BCUT2D eigenvalue weighted by atomic mass is 10.0. The third-order valence-corrected chi connectivity index (χ3v) is 2.46. The van der Waals surface area contributed by atoms with Gasteiger partial charge in [-0.3, -0.25) is 9.48 Å². The molecule has 0 unspecified atom stereocenters. The van der Waals surface area contributed by atoms with Gasteiger partial charge in [-0.25, -0.2) is 0 Å². The maximum atomic E-state index is 11.4. The van der Waals surface area contributed by atoms with Gasteiger partial charge in [0.25, 0.3) is 0 Å². The Morgan fingerprint density at radius 1 is 1.40 bits per heavy atom. The molecule has 0 radical (unpaired) electrons. The number of ketones is 1. The first-order valence-electron chi connectivity index (χ1n) is 5.57. The van der Waals surface area contributed by atoms with E-state index in [4.69, 9.17) is 0 Å². The number of Topliss-reactive ketones (excluding diaryl/α,β-unsaturated/α-hetero) is 1. The summed E-state index contributed by atoms with van der Waals surface area (Å²) in [6.07, 6.45) is 3.34. The summed E-state index contributed by atoms with van der Waals surface area (Å²) < 4.78 is 1.93. The van der Waals surface area contributed by atoms with Crippen LogP contribution in [0, 0.1) is 5.92 Å². The van der Waals surface area contributed by atoms with Gasteiger partial charge in [0.1, 0.15) is 5.78 Å². The molecule has 0 aromatic carbocycles. The van der Waals surface area contributed by atoms with Crippen LogP contribution in [0.15, 0.2) is 12.3 Å². The Morgan fingerprint density at radius 2 is 2.07 bits per heavy atom. The van der Waals surface area contributed by atoms with E-state index >= 15 is 0 Å². The minimum atomic E-state index is 0.136. The van der Waals surface area contributed by atoms with E-state index in [1.165, 1.54) is 0 Å². The Balaban J connectivity index is 2.48. The zero-order chi connectivity index (χ0) is 11.4. The minimum absolute atomic E-state index is 0.136. The predicted octanol–water partition coefficient (Wildman–Crippen LogP) is 2.62. The molecule has 0 atom stereocenters. The Kier molecular flexibility index (Phi) is 4.06. The third-order valence-electron chi connectivity index (χ3n) is 2.46. The van der Waals surface area contributed by atoms with Crippen LogP contribution in [0.25, 0.3) is 0 Å². The molecule has 0 saturated carbocycles. The number of carbonyl (C=O) groups is 1. The molecule has 15 heavy (non-hydrogen) atoms. The van der Waals surface area contributed by atoms with E-state index in [2.05, 4.69) is 18.9 Å². The molecule has 0 N–H and O–H groups in total. The van der Waals surface area contributed by atoms with Crippen molar-refractivity contribution in [1.29, 1.82) is 0 Å². The summed E-state index contributed by atoms with van der Waals surface area (Å²) in [4.78, 5) is 11.4. The average molecular weight is 208 g/mol. The summed E-state index contributed by atoms with van der Waals surface area (Å²) in [5.74, 6) is 0.450. The van der Waals surface area contributed by atoms with Crippen molar-refractivity contribution < 1.29 is 4.79 Å². The molecule has 84 valence electrons. The number of hydrogen-bond donors (Lipinski definition) is 0. The van der Waals surface area contributed by atoms with Crippen molar-refractivity contribution in [2.75, 3.05) is 0 Å². The van der Waals surface area contributed by atoms with E-state index in [1.54, 1.807) is 0 Å². The van der Waals surface area contributed by atoms with Crippen LogP contribution in [0.4, 0.5) is 0 Å². The lowest BCUT2D eigenvalue weighted by Gasteiger charge is -2.04. The first kappa shape index (κ1) is 12.0. The molecule has 1 aromatic rings. The van der Waals surface area contributed by atoms with Crippen LogP contribution in [-0.2, 0) is 11.2 Å². The van der Waals surface area contributed by atoms with Crippen molar-refractivity contribution >= 4 is 5.78 Å². The van der Waals surface area contributed by atoms with Crippen molar-refractivity contribution in [3.8, 4) is 0 Å². The van der Waals surface area contributed by atoms with Gasteiger partial charge >= 0.3 is 0 Å². The lowest BCUT2D eigenvalue weighted by molar-refractivity contribution is -0.121. The molecular formula is C12H20N2O. The van der Waals surface area contributed by atoms with E-state index in [0.717, 1.165) is 12.1 Å². The zero-order valence-corrected chi connectivity index (χ0v) is 10.0. The molecule has 3 nitrogen and oxygen atoms in total. The monoisotopic (exact) mass is 208 g/mol. The van der Waals surface area contributed by atoms with Crippen LogP contribution in [0.5, 0.6) is 0 Å². The molecule has 1 heterocycles. The molecular weight excluding hydrogens is 188 g/mol. The summed E-state index contributed by atoms with van der Waals surface area (Å²) in [5.41, 5.74) is 1.01. The topological polar surface area (TPSA) is 34.9 Å². The van der Waals surface area contributed by atoms with Gasteiger partial charge in [-0.05, 0) is 26.3 Å². The van der Waals surface area contributed by atoms with Crippen LogP contribution in [0.1, 0.15) is 45.9 Å². The van der Waals surface area contributed by atoms with Gasteiger partial charge in [-0.15, -0.1) is 0 Å². The molecule has 0 bridgehead atoms. The standard InChI is InChI=1S/C12H20N2O/c1-9(2)12(15)6-5-11-7-8-14(13-11)10(3)4/h7-10H,5-6H2,1-4H3. The summed E-state index contributed by atoms with van der Waals surface area (Å²) in [7, 11) is 0. The molecule has 0 amide bonds. The highest BCUT2D eigenvalue weighted by Gasteiger charge is 2.08. The van der Waals surface area contributed by atoms with Crippen LogP contribution >= 0.6 is 0 Å². The van der Waals surface area contributed by atoms with E-state index in [0.29, 0.717) is 18.2 Å². The fourth-order valence-corrected chi connectivity index (χ4v) is 1.34. The normalized spacial score (nSPS) is 11.3. The highest BCUT2D eigenvalue weighted by atomic mass is 16.1. The van der Waals surface area contributed by atoms with Crippen molar-refractivity contribution in [1.82, 2.24) is 9.78 Å². The van der Waals surface area contributed by atoms with Crippen molar-refractivity contribution in [3.05, 3.63) is 18.0 Å². The molecule has 1 rings (SSSR count). The molecule has 0 aliphatic rings. The summed E-state index contributed by atoms with van der Waals surface area (Å²) >= 11 is 0. The maximum absolute atomic E-state index is 11.4. The Hall–Kier alpha value is -1.12. The van der Waals surface area contributed by atoms with Gasteiger partial charge in [0, 0.05) is 24.6 Å². The van der Waals surface area contributed by atoms with Gasteiger partial charge in [0.15, 0.2) is 0 Å². The fourth-order valence-electron chi connectivity index (χ4n) is 1.34. The molecule has 0 spiro atoms. The zero-order valence-electron chi connectivity index (χ0n) is 10.0. The van der Waals surface area contributed by atoms with Gasteiger partial charge in [-0.1, -0.05) is 13.8 Å². The first-order chi connectivity index (χ1) is 7.00. The van der Waals surface area contributed by atoms with E-state index in [-0.39, 0.29) is 5.92 Å². The van der Waals surface area contributed by atoms with Crippen molar-refractivity contribution in [3.63, 3.8) is 0 Å². The minimum Gasteiger partial charge on any atom is -0.299 e. The fraction of sp³-hybridized carbons (Fsp3) is 0.667. The van der Waals surface area contributed by atoms with Gasteiger partial charge in [0.05, 0.1) is 5.69 Å². The summed E-state index contributed by atoms with van der Waals surface area (Å²) in [6.45, 7) is 8.07. The third kappa shape index (κ3) is 3.50.